The summed E-state index contributed by atoms with van der Waals surface area (Å²) in [6, 6.07) is 5.70. The number of halogens is 1. The molecule has 86 valence electrons. The minimum Gasteiger partial charge on any atom is -0.397 e. The molecule has 1 amide bonds. The van der Waals surface area contributed by atoms with Gasteiger partial charge in [-0.3, -0.25) is 4.79 Å². The van der Waals surface area contributed by atoms with E-state index in [0.29, 0.717) is 12.2 Å². The topological polar surface area (TPSA) is 58.4 Å². The Kier molecular flexibility index (Phi) is 3.33. The van der Waals surface area contributed by atoms with Gasteiger partial charge in [-0.05, 0) is 24.6 Å². The summed E-state index contributed by atoms with van der Waals surface area (Å²) in [5.74, 6) is 0.0527. The van der Waals surface area contributed by atoms with Gasteiger partial charge in [0.25, 0.3) is 0 Å². The fourth-order valence-corrected chi connectivity index (χ4v) is 2.15. The number of hydrogen-bond acceptors (Lipinski definition) is 3. The maximum Gasteiger partial charge on any atom is 0.239 e. The van der Waals surface area contributed by atoms with Crippen molar-refractivity contribution in [3.63, 3.8) is 0 Å². The fraction of sp³-hybridized carbons (Fsp3) is 0.364. The van der Waals surface area contributed by atoms with Crippen LogP contribution < -0.4 is 16.0 Å². The van der Waals surface area contributed by atoms with E-state index in [2.05, 4.69) is 21.2 Å². The minimum absolute atomic E-state index is 0.0527. The highest BCUT2D eigenvalue weighted by Gasteiger charge is 2.16. The van der Waals surface area contributed by atoms with Crippen molar-refractivity contribution in [1.82, 2.24) is 5.32 Å². The number of nitrogen functional groups attached to an aromatic ring is 1. The van der Waals surface area contributed by atoms with Crippen molar-refractivity contribution in [1.29, 1.82) is 0 Å². The lowest BCUT2D eigenvalue weighted by molar-refractivity contribution is -0.119. The number of nitrogens with two attached hydrogens (primary N) is 1. The predicted octanol–water partition coefficient (Wildman–Crippen LogP) is 1.36. The highest BCUT2D eigenvalue weighted by molar-refractivity contribution is 9.10. The van der Waals surface area contributed by atoms with E-state index in [0.717, 1.165) is 29.7 Å². The molecule has 3 N–H and O–H groups in total. The summed E-state index contributed by atoms with van der Waals surface area (Å²) < 4.78 is 0.973. The smallest absolute Gasteiger partial charge is 0.239 e. The standard InChI is InChI=1S/C11H14BrN3O/c12-8-2-3-9(13)10(6-8)15-5-1-4-14-11(16)7-15/h2-3,6H,1,4-5,7,13H2,(H,14,16). The molecule has 16 heavy (non-hydrogen) atoms. The third kappa shape index (κ3) is 2.47. The second kappa shape index (κ2) is 4.74. The second-order valence-electron chi connectivity index (χ2n) is 3.83. The number of nitrogens with one attached hydrogen (secondary N) is 1. The van der Waals surface area contributed by atoms with Gasteiger partial charge in [0.05, 0.1) is 17.9 Å². The van der Waals surface area contributed by atoms with E-state index in [-0.39, 0.29) is 5.91 Å². The zero-order valence-corrected chi connectivity index (χ0v) is 10.5. The highest BCUT2D eigenvalue weighted by atomic mass is 79.9. The Morgan fingerprint density at radius 3 is 3.06 bits per heavy atom. The van der Waals surface area contributed by atoms with Crippen molar-refractivity contribution in [2.24, 2.45) is 0 Å². The van der Waals surface area contributed by atoms with Gasteiger partial charge in [-0.1, -0.05) is 15.9 Å². The van der Waals surface area contributed by atoms with Crippen LogP contribution in [0.3, 0.4) is 0 Å². The summed E-state index contributed by atoms with van der Waals surface area (Å²) in [7, 11) is 0. The van der Waals surface area contributed by atoms with Gasteiger partial charge in [-0.15, -0.1) is 0 Å². The monoisotopic (exact) mass is 283 g/mol. The van der Waals surface area contributed by atoms with E-state index in [4.69, 9.17) is 5.73 Å². The van der Waals surface area contributed by atoms with Crippen molar-refractivity contribution < 1.29 is 4.79 Å². The largest absolute Gasteiger partial charge is 0.397 e. The number of nitrogens with zero attached hydrogens (tertiary/aromatic N) is 1. The molecule has 1 heterocycles. The number of anilines is 2. The molecule has 1 saturated heterocycles. The lowest BCUT2D eigenvalue weighted by atomic mass is 10.2. The summed E-state index contributed by atoms with van der Waals surface area (Å²) >= 11 is 3.41. The van der Waals surface area contributed by atoms with Crippen LogP contribution in [0.25, 0.3) is 0 Å². The molecule has 0 aliphatic carbocycles. The minimum atomic E-state index is 0.0527. The molecule has 1 aromatic carbocycles. The van der Waals surface area contributed by atoms with Crippen LogP contribution in [-0.2, 0) is 4.79 Å². The summed E-state index contributed by atoms with van der Waals surface area (Å²) in [6.45, 7) is 1.96. The first-order valence-corrected chi connectivity index (χ1v) is 6.03. The normalized spacial score (nSPS) is 16.8. The number of carbonyl (C=O) groups is 1. The number of hydrogen-bond donors (Lipinski definition) is 2. The molecule has 1 fully saturated rings. The molecule has 1 aromatic rings. The maximum atomic E-state index is 11.5. The molecule has 0 bridgehead atoms. The molecule has 4 nitrogen and oxygen atoms in total. The summed E-state index contributed by atoms with van der Waals surface area (Å²) in [6.07, 6.45) is 0.942. The highest BCUT2D eigenvalue weighted by Crippen LogP contribution is 2.27. The lowest BCUT2D eigenvalue weighted by Crippen LogP contribution is -2.33. The van der Waals surface area contributed by atoms with E-state index in [1.165, 1.54) is 0 Å². The van der Waals surface area contributed by atoms with E-state index in [1.54, 1.807) is 0 Å². The van der Waals surface area contributed by atoms with E-state index >= 15 is 0 Å². The van der Waals surface area contributed by atoms with Crippen molar-refractivity contribution in [3.8, 4) is 0 Å². The molecular weight excluding hydrogens is 270 g/mol. The summed E-state index contributed by atoms with van der Waals surface area (Å²) in [4.78, 5) is 13.5. The number of rotatable bonds is 1. The third-order valence-corrected chi connectivity index (χ3v) is 3.09. The van der Waals surface area contributed by atoms with Crippen LogP contribution >= 0.6 is 15.9 Å². The summed E-state index contributed by atoms with van der Waals surface area (Å²) in [5.41, 5.74) is 7.55. The fourth-order valence-electron chi connectivity index (χ4n) is 1.80. The van der Waals surface area contributed by atoms with Crippen molar-refractivity contribution in [3.05, 3.63) is 22.7 Å². The first-order chi connectivity index (χ1) is 7.66. The van der Waals surface area contributed by atoms with Crippen molar-refractivity contribution >= 4 is 33.2 Å². The number of amides is 1. The molecule has 2 rings (SSSR count). The Bertz CT molecular complexity index is 408. The zero-order valence-electron chi connectivity index (χ0n) is 8.87. The Morgan fingerprint density at radius 2 is 2.25 bits per heavy atom. The molecule has 5 heteroatoms. The SMILES string of the molecule is Nc1ccc(Br)cc1N1CCCNC(=O)C1. The van der Waals surface area contributed by atoms with Gasteiger partial charge in [0.2, 0.25) is 5.91 Å². The van der Waals surface area contributed by atoms with Gasteiger partial charge in [0.1, 0.15) is 0 Å². The van der Waals surface area contributed by atoms with Gasteiger partial charge in [0.15, 0.2) is 0 Å². The Morgan fingerprint density at radius 1 is 1.44 bits per heavy atom. The van der Waals surface area contributed by atoms with Gasteiger partial charge in [-0.25, -0.2) is 0 Å². The molecular formula is C11H14BrN3O. The van der Waals surface area contributed by atoms with Crippen LogP contribution in [0.2, 0.25) is 0 Å². The first-order valence-electron chi connectivity index (χ1n) is 5.23. The van der Waals surface area contributed by atoms with Crippen LogP contribution in [0.1, 0.15) is 6.42 Å². The van der Waals surface area contributed by atoms with Gasteiger partial charge < -0.3 is 16.0 Å². The van der Waals surface area contributed by atoms with Crippen LogP contribution in [0.15, 0.2) is 22.7 Å². The molecule has 0 spiro atoms. The average Bonchev–Trinajstić information content (AvgIpc) is 2.46. The predicted molar refractivity (Wildman–Crippen MR) is 68.4 cm³/mol. The maximum absolute atomic E-state index is 11.5. The quantitative estimate of drug-likeness (QED) is 0.765. The Hall–Kier alpha value is -1.23. The van der Waals surface area contributed by atoms with Gasteiger partial charge in [-0.2, -0.15) is 0 Å². The molecule has 0 unspecified atom stereocenters. The van der Waals surface area contributed by atoms with E-state index in [9.17, 15) is 4.79 Å². The zero-order chi connectivity index (χ0) is 11.5. The van der Waals surface area contributed by atoms with Crippen molar-refractivity contribution in [2.75, 3.05) is 30.3 Å². The molecule has 1 aliphatic rings. The number of carbonyl (C=O) groups excluding carboxylic acids is 1. The van der Waals surface area contributed by atoms with E-state index in [1.807, 2.05) is 23.1 Å². The molecule has 0 atom stereocenters. The molecule has 0 radical (unpaired) electrons. The van der Waals surface area contributed by atoms with Gasteiger partial charge >= 0.3 is 0 Å². The van der Waals surface area contributed by atoms with Crippen LogP contribution in [0.4, 0.5) is 11.4 Å². The van der Waals surface area contributed by atoms with Crippen molar-refractivity contribution in [2.45, 2.75) is 6.42 Å². The Balaban J connectivity index is 2.27. The first kappa shape index (κ1) is 11.3. The van der Waals surface area contributed by atoms with Crippen LogP contribution in [-0.4, -0.2) is 25.5 Å². The lowest BCUT2D eigenvalue weighted by Gasteiger charge is -2.23. The molecule has 0 saturated carbocycles. The summed E-state index contributed by atoms with van der Waals surface area (Å²) in [5, 5.41) is 2.85. The third-order valence-electron chi connectivity index (χ3n) is 2.59. The van der Waals surface area contributed by atoms with E-state index < -0.39 is 0 Å². The number of benzene rings is 1. The second-order valence-corrected chi connectivity index (χ2v) is 4.74. The molecule has 0 aromatic heterocycles. The average molecular weight is 284 g/mol. The van der Waals surface area contributed by atoms with Crippen LogP contribution in [0.5, 0.6) is 0 Å². The molecule has 1 aliphatic heterocycles. The Labute approximate surface area is 103 Å². The van der Waals surface area contributed by atoms with Gasteiger partial charge in [0, 0.05) is 17.6 Å². The van der Waals surface area contributed by atoms with Crippen LogP contribution in [0, 0.1) is 0 Å².